The van der Waals surface area contributed by atoms with Crippen molar-refractivity contribution in [3.8, 4) is 0 Å². The summed E-state index contributed by atoms with van der Waals surface area (Å²) in [5.74, 6) is -0.528. The number of hydrogen-bond donors (Lipinski definition) is 3. The number of nitrogens with zero attached hydrogens (tertiary/aromatic N) is 2. The maximum atomic E-state index is 11.4. The van der Waals surface area contributed by atoms with E-state index in [9.17, 15) is 9.59 Å². The predicted molar refractivity (Wildman–Crippen MR) is 65.3 cm³/mol. The van der Waals surface area contributed by atoms with Crippen LogP contribution in [0.2, 0.25) is 0 Å². The van der Waals surface area contributed by atoms with Crippen LogP contribution in [0, 0.1) is 5.92 Å². The Balaban J connectivity index is 2.39. The standard InChI is InChI=1S/C11H16N4O3/c1-7(2)5-13-10(16)6-12-9-4-3-8(11(17)18)14-15-9/h3-4,7H,5-6H2,1-2H3,(H,12,15)(H,13,16)(H,17,18). The second kappa shape index (κ2) is 6.53. The van der Waals surface area contributed by atoms with Gasteiger partial charge in [-0.3, -0.25) is 4.79 Å². The molecule has 0 unspecified atom stereocenters. The zero-order valence-electron chi connectivity index (χ0n) is 10.3. The minimum absolute atomic E-state index is 0.0772. The van der Waals surface area contributed by atoms with Gasteiger partial charge in [0.05, 0.1) is 6.54 Å². The zero-order chi connectivity index (χ0) is 13.5. The fourth-order valence-corrected chi connectivity index (χ4v) is 1.09. The molecule has 0 spiro atoms. The molecule has 0 atom stereocenters. The quantitative estimate of drug-likeness (QED) is 0.675. The van der Waals surface area contributed by atoms with Gasteiger partial charge in [-0.05, 0) is 18.1 Å². The first kappa shape index (κ1) is 13.9. The van der Waals surface area contributed by atoms with Crippen LogP contribution in [-0.2, 0) is 4.79 Å². The van der Waals surface area contributed by atoms with Crippen molar-refractivity contribution in [1.82, 2.24) is 15.5 Å². The Morgan fingerprint density at radius 1 is 1.33 bits per heavy atom. The minimum Gasteiger partial charge on any atom is -0.476 e. The molecule has 7 nitrogen and oxygen atoms in total. The van der Waals surface area contributed by atoms with Gasteiger partial charge in [0.2, 0.25) is 5.91 Å². The molecule has 1 heterocycles. The molecule has 0 bridgehead atoms. The van der Waals surface area contributed by atoms with Crippen LogP contribution in [0.5, 0.6) is 0 Å². The second-order valence-corrected chi connectivity index (χ2v) is 4.16. The molecule has 0 aliphatic rings. The van der Waals surface area contributed by atoms with Crippen LogP contribution >= 0.6 is 0 Å². The summed E-state index contributed by atoms with van der Waals surface area (Å²) in [5, 5.41) is 21.3. The first-order chi connectivity index (χ1) is 8.49. The van der Waals surface area contributed by atoms with Crippen molar-refractivity contribution >= 4 is 17.7 Å². The average molecular weight is 252 g/mol. The molecule has 3 N–H and O–H groups in total. The molecule has 0 saturated heterocycles. The number of hydrogen-bond acceptors (Lipinski definition) is 5. The lowest BCUT2D eigenvalue weighted by atomic mass is 10.2. The number of amides is 1. The van der Waals surface area contributed by atoms with Gasteiger partial charge in [-0.1, -0.05) is 13.8 Å². The molecule has 98 valence electrons. The van der Waals surface area contributed by atoms with E-state index in [0.29, 0.717) is 18.3 Å². The number of carbonyl (C=O) groups excluding carboxylic acids is 1. The third-order valence-electron chi connectivity index (χ3n) is 2.02. The summed E-state index contributed by atoms with van der Waals surface area (Å²) in [5.41, 5.74) is -0.134. The Bertz CT molecular complexity index is 417. The molecular weight excluding hydrogens is 236 g/mol. The van der Waals surface area contributed by atoms with E-state index in [0.717, 1.165) is 0 Å². The molecule has 1 amide bonds. The van der Waals surface area contributed by atoms with E-state index in [-0.39, 0.29) is 18.1 Å². The van der Waals surface area contributed by atoms with Crippen molar-refractivity contribution in [2.24, 2.45) is 5.92 Å². The molecule has 0 saturated carbocycles. The number of carbonyl (C=O) groups is 2. The van der Waals surface area contributed by atoms with E-state index < -0.39 is 5.97 Å². The molecule has 1 rings (SSSR count). The van der Waals surface area contributed by atoms with E-state index in [1.54, 1.807) is 0 Å². The van der Waals surface area contributed by atoms with E-state index >= 15 is 0 Å². The fourth-order valence-electron chi connectivity index (χ4n) is 1.09. The number of aromatic carboxylic acids is 1. The lowest BCUT2D eigenvalue weighted by molar-refractivity contribution is -0.119. The third kappa shape index (κ3) is 4.77. The highest BCUT2D eigenvalue weighted by Gasteiger charge is 2.06. The fraction of sp³-hybridized carbons (Fsp3) is 0.455. The van der Waals surface area contributed by atoms with E-state index in [1.807, 2.05) is 13.8 Å². The highest BCUT2D eigenvalue weighted by molar-refractivity contribution is 5.85. The van der Waals surface area contributed by atoms with Crippen LogP contribution in [0.15, 0.2) is 12.1 Å². The summed E-state index contributed by atoms with van der Waals surface area (Å²) in [6, 6.07) is 2.79. The largest absolute Gasteiger partial charge is 0.476 e. The number of carboxylic acid groups (broad SMARTS) is 1. The highest BCUT2D eigenvalue weighted by Crippen LogP contribution is 2.01. The van der Waals surface area contributed by atoms with Gasteiger partial charge in [0, 0.05) is 6.54 Å². The van der Waals surface area contributed by atoms with E-state index in [1.165, 1.54) is 12.1 Å². The molecule has 0 fully saturated rings. The molecular formula is C11H16N4O3. The molecule has 18 heavy (non-hydrogen) atoms. The van der Waals surface area contributed by atoms with Crippen molar-refractivity contribution in [1.29, 1.82) is 0 Å². The van der Waals surface area contributed by atoms with Gasteiger partial charge >= 0.3 is 5.97 Å². The van der Waals surface area contributed by atoms with Crippen LogP contribution in [0.4, 0.5) is 5.82 Å². The molecule has 0 radical (unpaired) electrons. The van der Waals surface area contributed by atoms with Crippen molar-refractivity contribution in [3.05, 3.63) is 17.8 Å². The second-order valence-electron chi connectivity index (χ2n) is 4.16. The monoisotopic (exact) mass is 252 g/mol. The normalized spacial score (nSPS) is 10.2. The smallest absolute Gasteiger partial charge is 0.356 e. The molecule has 0 aromatic carbocycles. The molecule has 1 aromatic rings. The summed E-state index contributed by atoms with van der Waals surface area (Å²) < 4.78 is 0. The summed E-state index contributed by atoms with van der Waals surface area (Å²) in [6.07, 6.45) is 0. The van der Waals surface area contributed by atoms with Gasteiger partial charge in [-0.25, -0.2) is 4.79 Å². The SMILES string of the molecule is CC(C)CNC(=O)CNc1ccc(C(=O)O)nn1. The summed E-state index contributed by atoms with van der Waals surface area (Å²) in [4.78, 5) is 21.9. The van der Waals surface area contributed by atoms with Gasteiger partial charge < -0.3 is 15.7 Å². The Kier molecular flexibility index (Phi) is 5.04. The van der Waals surface area contributed by atoms with Crippen molar-refractivity contribution < 1.29 is 14.7 Å². The van der Waals surface area contributed by atoms with Crippen LogP contribution in [0.3, 0.4) is 0 Å². The Labute approximate surface area is 105 Å². The molecule has 0 aliphatic carbocycles. The zero-order valence-corrected chi connectivity index (χ0v) is 10.3. The molecule has 1 aromatic heterocycles. The van der Waals surface area contributed by atoms with Gasteiger partial charge in [0.15, 0.2) is 5.69 Å². The first-order valence-corrected chi connectivity index (χ1v) is 5.56. The lowest BCUT2D eigenvalue weighted by Crippen LogP contribution is -2.32. The Morgan fingerprint density at radius 3 is 2.56 bits per heavy atom. The van der Waals surface area contributed by atoms with Gasteiger partial charge in [-0.2, -0.15) is 0 Å². The van der Waals surface area contributed by atoms with Crippen LogP contribution in [0.1, 0.15) is 24.3 Å². The van der Waals surface area contributed by atoms with Crippen molar-refractivity contribution in [2.75, 3.05) is 18.4 Å². The summed E-state index contributed by atoms with van der Waals surface area (Å²) in [6.45, 7) is 4.70. The topological polar surface area (TPSA) is 104 Å². The minimum atomic E-state index is -1.14. The van der Waals surface area contributed by atoms with Gasteiger partial charge in [-0.15, -0.1) is 10.2 Å². The molecule has 0 aliphatic heterocycles. The highest BCUT2D eigenvalue weighted by atomic mass is 16.4. The summed E-state index contributed by atoms with van der Waals surface area (Å²) in [7, 11) is 0. The maximum absolute atomic E-state index is 11.4. The summed E-state index contributed by atoms with van der Waals surface area (Å²) >= 11 is 0. The average Bonchev–Trinajstić information content (AvgIpc) is 2.34. The van der Waals surface area contributed by atoms with Crippen LogP contribution in [0.25, 0.3) is 0 Å². The first-order valence-electron chi connectivity index (χ1n) is 5.56. The number of aromatic nitrogens is 2. The predicted octanol–water partition coefficient (Wildman–Crippen LogP) is 0.359. The van der Waals surface area contributed by atoms with Gasteiger partial charge in [0.25, 0.3) is 0 Å². The number of rotatable bonds is 6. The third-order valence-corrected chi connectivity index (χ3v) is 2.02. The van der Waals surface area contributed by atoms with Crippen molar-refractivity contribution in [3.63, 3.8) is 0 Å². The number of nitrogens with one attached hydrogen (secondary N) is 2. The van der Waals surface area contributed by atoms with E-state index in [4.69, 9.17) is 5.11 Å². The lowest BCUT2D eigenvalue weighted by Gasteiger charge is -2.08. The molecule has 7 heteroatoms. The number of anilines is 1. The van der Waals surface area contributed by atoms with Crippen molar-refractivity contribution in [2.45, 2.75) is 13.8 Å². The van der Waals surface area contributed by atoms with Crippen LogP contribution < -0.4 is 10.6 Å². The Hall–Kier alpha value is -2.18. The van der Waals surface area contributed by atoms with E-state index in [2.05, 4.69) is 20.8 Å². The van der Waals surface area contributed by atoms with Crippen LogP contribution in [-0.4, -0.2) is 40.3 Å². The Morgan fingerprint density at radius 2 is 2.06 bits per heavy atom. The van der Waals surface area contributed by atoms with Gasteiger partial charge in [0.1, 0.15) is 5.82 Å². The number of carboxylic acids is 1. The maximum Gasteiger partial charge on any atom is 0.356 e.